The van der Waals surface area contributed by atoms with E-state index in [1.165, 1.54) is 0 Å². The van der Waals surface area contributed by atoms with Crippen LogP contribution >= 0.6 is 0 Å². The molecule has 4 aliphatic heterocycles. The van der Waals surface area contributed by atoms with Crippen molar-refractivity contribution in [3.63, 3.8) is 0 Å². The van der Waals surface area contributed by atoms with Crippen molar-refractivity contribution in [2.45, 2.75) is 194 Å². The summed E-state index contributed by atoms with van der Waals surface area (Å²) in [6, 6.07) is 0. The van der Waals surface area contributed by atoms with Crippen LogP contribution in [-0.2, 0) is 42.7 Å². The number of carbonyl (C=O) groups is 1. The van der Waals surface area contributed by atoms with Gasteiger partial charge in [-0.3, -0.25) is 4.79 Å². The third-order valence-corrected chi connectivity index (χ3v) is 17.0. The topological polar surface area (TPSA) is 394 Å². The van der Waals surface area contributed by atoms with E-state index in [0.717, 1.165) is 6.42 Å². The van der Waals surface area contributed by atoms with E-state index in [0.29, 0.717) is 37.7 Å². The summed E-state index contributed by atoms with van der Waals surface area (Å²) in [7, 11) is 0. The number of allylic oxidation sites excluding steroid dienone is 1. The molecule has 0 amide bonds. The van der Waals surface area contributed by atoms with Gasteiger partial charge in [-0.25, -0.2) is 0 Å². The van der Waals surface area contributed by atoms with Crippen LogP contribution in [-0.4, -0.2) is 244 Å². The number of aliphatic hydroxyl groups is 15. The smallest absolute Gasteiger partial charge is 0.314 e. The number of hydrogen-bond acceptors (Lipinski definition) is 24. The van der Waals surface area contributed by atoms with Gasteiger partial charge in [-0.05, 0) is 80.1 Å². The minimum Gasteiger partial charge on any atom is -0.432 e. The average molecular weight is 983 g/mol. The maximum absolute atomic E-state index is 14.3. The van der Waals surface area contributed by atoms with Gasteiger partial charge in [0.05, 0.1) is 44.1 Å². The van der Waals surface area contributed by atoms with Gasteiger partial charge in [0.2, 0.25) is 6.29 Å². The largest absolute Gasteiger partial charge is 0.432 e. The second-order valence-electron chi connectivity index (χ2n) is 20.7. The molecule has 8 aliphatic rings. The van der Waals surface area contributed by atoms with Crippen LogP contribution < -0.4 is 0 Å². The molecule has 26 atom stereocenters. The van der Waals surface area contributed by atoms with Gasteiger partial charge in [0, 0.05) is 0 Å². The van der Waals surface area contributed by atoms with Gasteiger partial charge in [-0.1, -0.05) is 19.4 Å². The van der Waals surface area contributed by atoms with E-state index >= 15 is 0 Å². The summed E-state index contributed by atoms with van der Waals surface area (Å²) < 4.78 is 48.1. The lowest BCUT2D eigenvalue weighted by Gasteiger charge is -2.64. The fourth-order valence-corrected chi connectivity index (χ4v) is 13.4. The molecular formula is C44H70O24. The van der Waals surface area contributed by atoms with Crippen molar-refractivity contribution >= 4 is 5.97 Å². The predicted molar refractivity (Wildman–Crippen MR) is 220 cm³/mol. The van der Waals surface area contributed by atoms with E-state index in [4.69, 9.17) is 37.9 Å². The first-order valence-electron chi connectivity index (χ1n) is 23.6. The van der Waals surface area contributed by atoms with E-state index < -0.39 is 184 Å². The van der Waals surface area contributed by atoms with Crippen molar-refractivity contribution < 1.29 is 119 Å². The third-order valence-electron chi connectivity index (χ3n) is 17.0. The SMILES string of the molecule is CC1(C(=O)OC2OC(CO)C(O)C(O)C2O)CCCC2(C)C3CCC4(OC5OC(CO)C(O)C(OC6OC(CO)C(O)C(O)C6O)C5OC5OC(CO)C(O)C(O)C5O)CC3(C=C4CO)CCC12. The fraction of sp³-hybridized carbons (Fsp3) is 0.932. The Kier molecular flexibility index (Phi) is 15.5. The Morgan fingerprint density at radius 3 is 1.56 bits per heavy atom. The maximum atomic E-state index is 14.3. The van der Waals surface area contributed by atoms with Gasteiger partial charge in [-0.15, -0.1) is 0 Å². The zero-order valence-electron chi connectivity index (χ0n) is 37.9. The monoisotopic (exact) mass is 982 g/mol. The summed E-state index contributed by atoms with van der Waals surface area (Å²) >= 11 is 0. The van der Waals surface area contributed by atoms with Crippen LogP contribution in [0.3, 0.4) is 0 Å². The van der Waals surface area contributed by atoms with Crippen molar-refractivity contribution in [2.24, 2.45) is 28.1 Å². The van der Waals surface area contributed by atoms with Crippen LogP contribution in [0.1, 0.15) is 65.2 Å². The molecule has 4 aliphatic carbocycles. The first-order chi connectivity index (χ1) is 32.2. The van der Waals surface area contributed by atoms with E-state index in [-0.39, 0.29) is 24.7 Å². The molecule has 15 N–H and O–H groups in total. The maximum Gasteiger partial charge on any atom is 0.314 e. The number of rotatable bonds is 13. The molecule has 0 aromatic rings. The molecule has 24 heteroatoms. The Morgan fingerprint density at radius 2 is 1.03 bits per heavy atom. The number of ether oxygens (including phenoxy) is 8. The molecule has 8 rings (SSSR count). The Balaban J connectivity index is 1.08. The molecule has 7 fully saturated rings. The first kappa shape index (κ1) is 52.6. The number of esters is 1. The lowest BCUT2D eigenvalue weighted by molar-refractivity contribution is -0.400. The van der Waals surface area contributed by atoms with E-state index in [1.54, 1.807) is 0 Å². The Bertz CT molecular complexity index is 1790. The molecule has 0 radical (unpaired) electrons. The normalized spacial score (nSPS) is 53.8. The van der Waals surface area contributed by atoms with Crippen molar-refractivity contribution in [1.29, 1.82) is 0 Å². The zero-order chi connectivity index (χ0) is 49.4. The van der Waals surface area contributed by atoms with Gasteiger partial charge < -0.3 is 114 Å². The molecule has 0 aromatic carbocycles. The van der Waals surface area contributed by atoms with Crippen LogP contribution in [0.2, 0.25) is 0 Å². The lowest BCUT2D eigenvalue weighted by atomic mass is 9.40. The summed E-state index contributed by atoms with van der Waals surface area (Å²) in [5.74, 6) is -1.03. The summed E-state index contributed by atoms with van der Waals surface area (Å²) in [6.07, 6.45) is -29.0. The third kappa shape index (κ3) is 8.69. The van der Waals surface area contributed by atoms with Crippen molar-refractivity contribution in [1.82, 2.24) is 0 Å². The Hall–Kier alpha value is -1.67. The van der Waals surface area contributed by atoms with E-state index in [9.17, 15) is 81.4 Å². The van der Waals surface area contributed by atoms with Crippen LogP contribution in [0.25, 0.3) is 0 Å². The minimum atomic E-state index is -1.99. The Labute approximate surface area is 391 Å². The molecule has 24 nitrogen and oxygen atoms in total. The fourth-order valence-electron chi connectivity index (χ4n) is 13.4. The zero-order valence-corrected chi connectivity index (χ0v) is 37.9. The summed E-state index contributed by atoms with van der Waals surface area (Å²) in [5.41, 5.74) is -3.10. The van der Waals surface area contributed by atoms with Gasteiger partial charge >= 0.3 is 5.97 Å². The van der Waals surface area contributed by atoms with Crippen molar-refractivity contribution in [3.05, 3.63) is 11.6 Å². The molecule has 4 heterocycles. The summed E-state index contributed by atoms with van der Waals surface area (Å²) in [5, 5.41) is 159. The van der Waals surface area contributed by atoms with Crippen LogP contribution in [0.15, 0.2) is 11.6 Å². The van der Waals surface area contributed by atoms with Crippen molar-refractivity contribution in [2.75, 3.05) is 33.0 Å². The molecule has 26 unspecified atom stereocenters. The Morgan fingerprint density at radius 1 is 0.559 bits per heavy atom. The molecule has 4 saturated heterocycles. The average Bonchev–Trinajstić information content (AvgIpc) is 3.55. The quantitative estimate of drug-likeness (QED) is 0.0464. The van der Waals surface area contributed by atoms with Gasteiger partial charge in [0.25, 0.3) is 0 Å². The molecule has 2 bridgehead atoms. The number of aliphatic hydroxyl groups excluding tert-OH is 15. The van der Waals surface area contributed by atoms with E-state index in [1.807, 2.05) is 13.0 Å². The second kappa shape index (κ2) is 20.0. The van der Waals surface area contributed by atoms with Gasteiger partial charge in [-0.2, -0.15) is 0 Å². The molecule has 68 heavy (non-hydrogen) atoms. The van der Waals surface area contributed by atoms with Crippen LogP contribution in [0.4, 0.5) is 0 Å². The van der Waals surface area contributed by atoms with E-state index in [2.05, 4.69) is 6.92 Å². The molecule has 1 spiro atoms. The minimum absolute atomic E-state index is 0.100. The number of fused-ring (bicyclic) bond motifs is 3. The highest BCUT2D eigenvalue weighted by atomic mass is 16.8. The predicted octanol–water partition coefficient (Wildman–Crippen LogP) is -6.14. The standard InChI is InChI=1S/C44H70O24/c1-41-6-3-7-42(2,40(60)67-38-33(59)30(56)26(52)20(14-48)63-38)22(41)4-8-43-10-17(11-45)44(16-43,9-5-23(41)43)68-39-35(66-37-32(58)29(55)25(51)19(13-47)62-37)34(27(53)21(15-49)64-39)65-36-31(57)28(54)24(50)18(12-46)61-36/h10,18-39,45-59H,3-9,11-16H2,1-2H3. The van der Waals surface area contributed by atoms with Gasteiger partial charge in [0.15, 0.2) is 18.9 Å². The molecule has 3 saturated carbocycles. The first-order valence-corrected chi connectivity index (χ1v) is 23.6. The number of hydrogen-bond donors (Lipinski definition) is 15. The van der Waals surface area contributed by atoms with Crippen molar-refractivity contribution in [3.8, 4) is 0 Å². The molecular weight excluding hydrogens is 912 g/mol. The summed E-state index contributed by atoms with van der Waals surface area (Å²) in [6.45, 7) is 0.244. The van der Waals surface area contributed by atoms with Crippen LogP contribution in [0, 0.1) is 28.1 Å². The highest BCUT2D eigenvalue weighted by molar-refractivity contribution is 5.77. The van der Waals surface area contributed by atoms with Crippen LogP contribution in [0.5, 0.6) is 0 Å². The molecule has 0 aromatic heterocycles. The molecule has 390 valence electrons. The summed E-state index contributed by atoms with van der Waals surface area (Å²) in [4.78, 5) is 14.3. The number of carbonyl (C=O) groups excluding carboxylic acids is 1. The second-order valence-corrected chi connectivity index (χ2v) is 20.7. The lowest BCUT2D eigenvalue weighted by Crippen LogP contribution is -2.68. The highest BCUT2D eigenvalue weighted by Gasteiger charge is 2.69. The van der Waals surface area contributed by atoms with Gasteiger partial charge in [0.1, 0.15) is 97.7 Å². The highest BCUT2D eigenvalue weighted by Crippen LogP contribution is 2.72.